The fourth-order valence-electron chi connectivity index (χ4n) is 4.26. The first-order chi connectivity index (χ1) is 13.8. The van der Waals surface area contributed by atoms with Crippen molar-refractivity contribution in [2.45, 2.75) is 25.2 Å². The summed E-state index contributed by atoms with van der Waals surface area (Å²) < 4.78 is 0. The molecule has 0 amide bonds. The van der Waals surface area contributed by atoms with Crippen LogP contribution in [0.3, 0.4) is 0 Å². The third-order valence-corrected chi connectivity index (χ3v) is 5.92. The number of H-pyrrole nitrogens is 1. The lowest BCUT2D eigenvalue weighted by atomic mass is 9.76. The molecule has 1 N–H and O–H groups in total. The molecule has 5 rings (SSSR count). The molecule has 1 fully saturated rings. The van der Waals surface area contributed by atoms with Crippen LogP contribution in [0.25, 0.3) is 22.2 Å². The lowest BCUT2D eigenvalue weighted by Gasteiger charge is -2.25. The van der Waals surface area contributed by atoms with E-state index < -0.39 is 0 Å². The lowest BCUT2D eigenvalue weighted by Crippen LogP contribution is -2.23. The second kappa shape index (κ2) is 6.73. The third kappa shape index (κ3) is 2.92. The van der Waals surface area contributed by atoms with Crippen LogP contribution in [0.4, 0.5) is 0 Å². The second-order valence-corrected chi connectivity index (χ2v) is 7.88. The Morgan fingerprint density at radius 2 is 1.46 bits per heavy atom. The molecule has 0 radical (unpaired) electrons. The Morgan fingerprint density at radius 1 is 0.821 bits per heavy atom. The molecule has 1 aliphatic rings. The molecule has 0 saturated heterocycles. The average molecular weight is 361 g/mol. The van der Waals surface area contributed by atoms with Crippen molar-refractivity contribution >= 4 is 10.9 Å². The standard InChI is InChI=1S/C27H23N/c1-27(22-16-17-22,19-18-20-10-4-2-5-11-20)25-23-14-8-9-15-24(23)28-26(25)21-12-6-3-7-13-21/h2-15,22,28H,16-17H2,1H3. The first-order valence-electron chi connectivity index (χ1n) is 10.0. The Hall–Kier alpha value is -3.24. The van der Waals surface area contributed by atoms with Crippen molar-refractivity contribution in [3.05, 3.63) is 96.1 Å². The highest BCUT2D eigenvalue weighted by atomic mass is 14.7. The van der Waals surface area contributed by atoms with Crippen molar-refractivity contribution in [3.63, 3.8) is 0 Å². The summed E-state index contributed by atoms with van der Waals surface area (Å²) in [6.45, 7) is 2.34. The van der Waals surface area contributed by atoms with Crippen LogP contribution in [0.15, 0.2) is 84.9 Å². The van der Waals surface area contributed by atoms with Crippen LogP contribution in [0, 0.1) is 17.8 Å². The van der Waals surface area contributed by atoms with Crippen molar-refractivity contribution in [2.24, 2.45) is 5.92 Å². The number of benzene rings is 3. The van der Waals surface area contributed by atoms with Crippen molar-refractivity contribution in [2.75, 3.05) is 0 Å². The largest absolute Gasteiger partial charge is 0.354 e. The predicted octanol–water partition coefficient (Wildman–Crippen LogP) is 6.55. The zero-order chi connectivity index (χ0) is 19.0. The molecular weight excluding hydrogens is 338 g/mol. The number of hydrogen-bond acceptors (Lipinski definition) is 0. The Kier molecular flexibility index (Phi) is 4.06. The molecule has 4 aromatic rings. The van der Waals surface area contributed by atoms with Gasteiger partial charge in [0.15, 0.2) is 0 Å². The molecule has 0 aliphatic heterocycles. The maximum absolute atomic E-state index is 3.71. The molecule has 1 saturated carbocycles. The van der Waals surface area contributed by atoms with Gasteiger partial charge in [-0.05, 0) is 49.4 Å². The van der Waals surface area contributed by atoms with Gasteiger partial charge >= 0.3 is 0 Å². The molecule has 1 aromatic heterocycles. The minimum absolute atomic E-state index is 0.180. The zero-order valence-electron chi connectivity index (χ0n) is 16.1. The van der Waals surface area contributed by atoms with E-state index in [1.165, 1.54) is 40.6 Å². The Labute approximate surface area is 166 Å². The number of aromatic amines is 1. The Morgan fingerprint density at radius 3 is 2.18 bits per heavy atom. The Balaban J connectivity index is 1.75. The SMILES string of the molecule is CC(C#Cc1ccccc1)(c1c(-c2ccccc2)[nH]c2ccccc12)C1CC1. The van der Waals surface area contributed by atoms with E-state index in [9.17, 15) is 0 Å². The van der Waals surface area contributed by atoms with E-state index in [1.807, 2.05) is 6.07 Å². The van der Waals surface area contributed by atoms with Crippen molar-refractivity contribution in [1.29, 1.82) is 0 Å². The highest BCUT2D eigenvalue weighted by Gasteiger charge is 2.44. The Bertz CT molecular complexity index is 1170. The number of rotatable bonds is 3. The maximum Gasteiger partial charge on any atom is 0.0593 e. The first kappa shape index (κ1) is 16.9. The summed E-state index contributed by atoms with van der Waals surface area (Å²) in [4.78, 5) is 3.70. The highest BCUT2D eigenvalue weighted by molar-refractivity contribution is 5.92. The lowest BCUT2D eigenvalue weighted by molar-refractivity contribution is 0.541. The number of para-hydroxylation sites is 1. The normalized spacial score (nSPS) is 15.6. The summed E-state index contributed by atoms with van der Waals surface area (Å²) in [5, 5.41) is 1.29. The number of nitrogens with one attached hydrogen (secondary N) is 1. The van der Waals surface area contributed by atoms with E-state index in [0.29, 0.717) is 5.92 Å². The predicted molar refractivity (Wildman–Crippen MR) is 117 cm³/mol. The van der Waals surface area contributed by atoms with Crippen LogP contribution in [-0.2, 0) is 5.41 Å². The molecule has 1 heterocycles. The van der Waals surface area contributed by atoms with Crippen LogP contribution >= 0.6 is 0 Å². The quantitative estimate of drug-likeness (QED) is 0.398. The number of hydrogen-bond donors (Lipinski definition) is 1. The van der Waals surface area contributed by atoms with E-state index in [2.05, 4.69) is 103 Å². The summed E-state index contributed by atoms with van der Waals surface area (Å²) in [5.74, 6) is 7.79. The van der Waals surface area contributed by atoms with Gasteiger partial charge in [0.1, 0.15) is 0 Å². The topological polar surface area (TPSA) is 15.8 Å². The second-order valence-electron chi connectivity index (χ2n) is 7.88. The fraction of sp³-hybridized carbons (Fsp3) is 0.185. The van der Waals surface area contributed by atoms with E-state index >= 15 is 0 Å². The van der Waals surface area contributed by atoms with Gasteiger partial charge in [0, 0.05) is 22.0 Å². The van der Waals surface area contributed by atoms with Gasteiger partial charge in [-0.2, -0.15) is 0 Å². The van der Waals surface area contributed by atoms with E-state index in [4.69, 9.17) is 0 Å². The van der Waals surface area contributed by atoms with E-state index in [-0.39, 0.29) is 5.41 Å². The summed E-state index contributed by atoms with van der Waals surface area (Å²) in [6.07, 6.45) is 2.49. The van der Waals surface area contributed by atoms with Gasteiger partial charge in [-0.25, -0.2) is 0 Å². The molecule has 28 heavy (non-hydrogen) atoms. The van der Waals surface area contributed by atoms with Crippen LogP contribution in [0.2, 0.25) is 0 Å². The first-order valence-corrected chi connectivity index (χ1v) is 10.0. The third-order valence-electron chi connectivity index (χ3n) is 5.92. The van der Waals surface area contributed by atoms with E-state index in [1.54, 1.807) is 0 Å². The van der Waals surface area contributed by atoms with Crippen LogP contribution < -0.4 is 0 Å². The van der Waals surface area contributed by atoms with Gasteiger partial charge < -0.3 is 4.98 Å². The molecule has 0 bridgehead atoms. The van der Waals surface area contributed by atoms with Crippen molar-refractivity contribution in [3.8, 4) is 23.1 Å². The number of aromatic nitrogens is 1. The maximum atomic E-state index is 3.71. The molecule has 3 aromatic carbocycles. The van der Waals surface area contributed by atoms with Crippen LogP contribution in [-0.4, -0.2) is 4.98 Å². The van der Waals surface area contributed by atoms with Gasteiger partial charge in [0.25, 0.3) is 0 Å². The van der Waals surface area contributed by atoms with Crippen molar-refractivity contribution < 1.29 is 0 Å². The van der Waals surface area contributed by atoms with Crippen molar-refractivity contribution in [1.82, 2.24) is 4.98 Å². The summed E-state index contributed by atoms with van der Waals surface area (Å²) in [5.41, 5.74) is 5.86. The smallest absolute Gasteiger partial charge is 0.0593 e. The number of fused-ring (bicyclic) bond motifs is 1. The van der Waals surface area contributed by atoms with E-state index in [0.717, 1.165) is 5.56 Å². The van der Waals surface area contributed by atoms with Gasteiger partial charge in [0.2, 0.25) is 0 Å². The van der Waals surface area contributed by atoms with Gasteiger partial charge in [-0.3, -0.25) is 0 Å². The molecule has 1 heteroatoms. The monoisotopic (exact) mass is 361 g/mol. The molecule has 1 unspecified atom stereocenters. The molecule has 1 nitrogen and oxygen atoms in total. The zero-order valence-corrected chi connectivity index (χ0v) is 16.1. The van der Waals surface area contributed by atoms with Gasteiger partial charge in [0.05, 0.1) is 11.1 Å². The average Bonchev–Trinajstić information content (AvgIpc) is 3.54. The molecular formula is C27H23N. The molecule has 1 atom stereocenters. The van der Waals surface area contributed by atoms with Gasteiger partial charge in [-0.1, -0.05) is 78.6 Å². The molecule has 0 spiro atoms. The molecule has 136 valence electrons. The minimum Gasteiger partial charge on any atom is -0.354 e. The van der Waals surface area contributed by atoms with Crippen LogP contribution in [0.5, 0.6) is 0 Å². The van der Waals surface area contributed by atoms with Gasteiger partial charge in [-0.15, -0.1) is 0 Å². The summed E-state index contributed by atoms with van der Waals surface area (Å²) >= 11 is 0. The minimum atomic E-state index is -0.180. The van der Waals surface area contributed by atoms with Crippen LogP contribution in [0.1, 0.15) is 30.9 Å². The molecule has 1 aliphatic carbocycles. The summed E-state index contributed by atoms with van der Waals surface area (Å²) in [6, 6.07) is 29.6. The fourth-order valence-corrected chi connectivity index (χ4v) is 4.26. The highest BCUT2D eigenvalue weighted by Crippen LogP contribution is 2.51. The summed E-state index contributed by atoms with van der Waals surface area (Å²) in [7, 11) is 0.